The van der Waals surface area contributed by atoms with Gasteiger partial charge in [-0.3, -0.25) is 9.59 Å². The zero-order valence-corrected chi connectivity index (χ0v) is 14.7. The van der Waals surface area contributed by atoms with Crippen molar-refractivity contribution >= 4 is 18.0 Å². The molecule has 134 valence electrons. The van der Waals surface area contributed by atoms with Gasteiger partial charge in [0.15, 0.2) is 0 Å². The Morgan fingerprint density at radius 3 is 2.27 bits per heavy atom. The number of hydrogen-bond acceptors (Lipinski definition) is 5. The van der Waals surface area contributed by atoms with Crippen molar-refractivity contribution in [2.24, 2.45) is 34.2 Å². The number of carbonyl (C=O) groups is 2. The van der Waals surface area contributed by atoms with Crippen molar-refractivity contribution in [3.8, 4) is 11.5 Å². The highest BCUT2D eigenvalue weighted by atomic mass is 16.5. The number of fused-ring (bicyclic) bond motifs is 3. The van der Waals surface area contributed by atoms with Crippen molar-refractivity contribution in [2.75, 3.05) is 14.2 Å². The summed E-state index contributed by atoms with van der Waals surface area (Å²) in [6, 6.07) is 5.31. The van der Waals surface area contributed by atoms with E-state index in [9.17, 15) is 9.59 Å². The fourth-order valence-corrected chi connectivity index (χ4v) is 5.24. The van der Waals surface area contributed by atoms with E-state index >= 15 is 0 Å². The van der Waals surface area contributed by atoms with Gasteiger partial charge in [-0.2, -0.15) is 10.1 Å². The summed E-state index contributed by atoms with van der Waals surface area (Å²) in [7, 11) is 3.14. The van der Waals surface area contributed by atoms with Crippen LogP contribution in [0.2, 0.25) is 0 Å². The van der Waals surface area contributed by atoms with E-state index in [-0.39, 0.29) is 40.9 Å². The predicted octanol–water partition coefficient (Wildman–Crippen LogP) is 2.23. The Morgan fingerprint density at radius 1 is 1.08 bits per heavy atom. The van der Waals surface area contributed by atoms with E-state index in [2.05, 4.69) is 17.3 Å². The lowest BCUT2D eigenvalue weighted by Crippen LogP contribution is -2.30. The molecule has 4 aliphatic rings. The van der Waals surface area contributed by atoms with Crippen LogP contribution in [0.5, 0.6) is 11.5 Å². The van der Waals surface area contributed by atoms with Crippen molar-refractivity contribution < 1.29 is 19.1 Å². The molecule has 1 spiro atoms. The maximum atomic E-state index is 12.9. The van der Waals surface area contributed by atoms with Gasteiger partial charge in [-0.15, -0.1) is 0 Å². The molecule has 6 heteroatoms. The zero-order valence-electron chi connectivity index (χ0n) is 14.7. The van der Waals surface area contributed by atoms with Crippen molar-refractivity contribution in [3.63, 3.8) is 0 Å². The largest absolute Gasteiger partial charge is 0.497 e. The van der Waals surface area contributed by atoms with Crippen molar-refractivity contribution in [3.05, 3.63) is 35.9 Å². The quantitative estimate of drug-likeness (QED) is 0.473. The van der Waals surface area contributed by atoms with Crippen molar-refractivity contribution in [1.82, 2.24) is 5.01 Å². The standard InChI is InChI=1S/C20H20N2O4/c1-25-12-3-6-15(26-2)11(9-12)10-21-22-18(23)16-13-4-5-14(17(16)19(22)24)20(13)7-8-20/h3-6,9-10,13-14,16-17H,7-8H2,1-2H3/b21-10-/t13-,14+,16-,17-/m0/s1. The fraction of sp³-hybridized carbons (Fsp3) is 0.450. The van der Waals surface area contributed by atoms with Crippen LogP contribution in [0.1, 0.15) is 18.4 Å². The van der Waals surface area contributed by atoms with Gasteiger partial charge in [0.1, 0.15) is 11.5 Å². The molecule has 0 aromatic heterocycles. The molecule has 1 heterocycles. The lowest BCUT2D eigenvalue weighted by Gasteiger charge is -2.18. The first-order chi connectivity index (χ1) is 12.6. The van der Waals surface area contributed by atoms with E-state index in [0.717, 1.165) is 17.9 Å². The Kier molecular flexibility index (Phi) is 3.12. The van der Waals surface area contributed by atoms with Gasteiger partial charge in [0.05, 0.1) is 32.3 Å². The van der Waals surface area contributed by atoms with Gasteiger partial charge in [0, 0.05) is 5.56 Å². The van der Waals surface area contributed by atoms with Crippen LogP contribution in [-0.2, 0) is 9.59 Å². The maximum absolute atomic E-state index is 12.9. The number of rotatable bonds is 4. The van der Waals surface area contributed by atoms with Crippen LogP contribution in [0.15, 0.2) is 35.5 Å². The van der Waals surface area contributed by atoms with Gasteiger partial charge in [-0.05, 0) is 48.3 Å². The molecular formula is C20H20N2O4. The average molecular weight is 352 g/mol. The molecule has 2 amide bonds. The molecule has 0 N–H and O–H groups in total. The summed E-state index contributed by atoms with van der Waals surface area (Å²) in [6.45, 7) is 0. The topological polar surface area (TPSA) is 68.2 Å². The van der Waals surface area contributed by atoms with Gasteiger partial charge in [-0.25, -0.2) is 0 Å². The molecule has 2 saturated carbocycles. The molecule has 4 atom stereocenters. The molecule has 1 aliphatic heterocycles. The first kappa shape index (κ1) is 15.6. The van der Waals surface area contributed by atoms with Crippen LogP contribution in [-0.4, -0.2) is 37.3 Å². The molecule has 3 aliphatic carbocycles. The molecule has 26 heavy (non-hydrogen) atoms. The monoisotopic (exact) mass is 352 g/mol. The zero-order chi connectivity index (χ0) is 18.1. The smallest absolute Gasteiger partial charge is 0.254 e. The van der Waals surface area contributed by atoms with E-state index in [1.165, 1.54) is 6.21 Å². The summed E-state index contributed by atoms with van der Waals surface area (Å²) in [4.78, 5) is 25.8. The highest BCUT2D eigenvalue weighted by molar-refractivity contribution is 6.07. The third kappa shape index (κ3) is 1.84. The summed E-state index contributed by atoms with van der Waals surface area (Å²) in [5.74, 6) is 0.880. The second-order valence-corrected chi connectivity index (χ2v) is 7.56. The minimum Gasteiger partial charge on any atom is -0.497 e. The second-order valence-electron chi connectivity index (χ2n) is 7.56. The molecular weight excluding hydrogens is 332 g/mol. The second kappa shape index (κ2) is 5.19. The Balaban J connectivity index is 1.44. The number of ether oxygens (including phenoxy) is 2. The predicted molar refractivity (Wildman–Crippen MR) is 93.8 cm³/mol. The van der Waals surface area contributed by atoms with E-state index < -0.39 is 0 Å². The molecule has 1 saturated heterocycles. The Hall–Kier alpha value is -2.63. The number of carbonyl (C=O) groups excluding carboxylic acids is 2. The number of imide groups is 1. The summed E-state index contributed by atoms with van der Waals surface area (Å²) in [6.07, 6.45) is 8.07. The van der Waals surface area contributed by atoms with Crippen molar-refractivity contribution in [1.29, 1.82) is 0 Å². The summed E-state index contributed by atoms with van der Waals surface area (Å²) in [5.41, 5.74) is 0.858. The third-order valence-corrected chi connectivity index (χ3v) is 6.58. The summed E-state index contributed by atoms with van der Waals surface area (Å²) >= 11 is 0. The number of hydrogen-bond donors (Lipinski definition) is 0. The Morgan fingerprint density at radius 2 is 1.73 bits per heavy atom. The van der Waals surface area contributed by atoms with Gasteiger partial charge >= 0.3 is 0 Å². The molecule has 1 aromatic rings. The SMILES string of the molecule is COc1ccc(OC)c(/C=N\N2C(=O)[C@@H]3[C@@H](C2=O)[C@@H]2C=C[C@H]3C23CC3)c1. The Bertz CT molecular complexity index is 837. The molecule has 0 unspecified atom stereocenters. The molecule has 5 rings (SSSR count). The number of amides is 2. The van der Waals surface area contributed by atoms with E-state index in [4.69, 9.17) is 9.47 Å². The first-order valence-electron chi connectivity index (χ1n) is 8.93. The van der Waals surface area contributed by atoms with Gasteiger partial charge in [0.2, 0.25) is 0 Å². The molecule has 1 aromatic carbocycles. The normalized spacial score (nSPS) is 32.8. The highest BCUT2D eigenvalue weighted by Crippen LogP contribution is 2.73. The molecule has 3 fully saturated rings. The number of allylic oxidation sites excluding steroid dienone is 2. The highest BCUT2D eigenvalue weighted by Gasteiger charge is 2.73. The maximum Gasteiger partial charge on any atom is 0.254 e. The van der Waals surface area contributed by atoms with Crippen LogP contribution >= 0.6 is 0 Å². The lowest BCUT2D eigenvalue weighted by atomic mass is 9.85. The summed E-state index contributed by atoms with van der Waals surface area (Å²) < 4.78 is 10.5. The van der Waals surface area contributed by atoms with E-state index in [1.54, 1.807) is 32.4 Å². The number of methoxy groups -OCH3 is 2. The third-order valence-electron chi connectivity index (χ3n) is 6.58. The molecule has 6 nitrogen and oxygen atoms in total. The van der Waals surface area contributed by atoms with Crippen LogP contribution in [0.4, 0.5) is 0 Å². The van der Waals surface area contributed by atoms with Crippen LogP contribution in [0.25, 0.3) is 0 Å². The van der Waals surface area contributed by atoms with Crippen molar-refractivity contribution in [2.45, 2.75) is 12.8 Å². The van der Waals surface area contributed by atoms with E-state index in [0.29, 0.717) is 17.1 Å². The van der Waals surface area contributed by atoms with Crippen LogP contribution in [0.3, 0.4) is 0 Å². The van der Waals surface area contributed by atoms with Gasteiger partial charge in [0.25, 0.3) is 11.8 Å². The number of hydrazone groups is 1. The fourth-order valence-electron chi connectivity index (χ4n) is 5.24. The minimum atomic E-state index is -0.232. The number of benzene rings is 1. The van der Waals surface area contributed by atoms with Gasteiger partial charge < -0.3 is 9.47 Å². The van der Waals surface area contributed by atoms with Crippen LogP contribution < -0.4 is 9.47 Å². The molecule has 0 radical (unpaired) electrons. The number of nitrogens with zero attached hydrogens (tertiary/aromatic N) is 2. The average Bonchev–Trinajstić information content (AvgIpc) is 3.26. The van der Waals surface area contributed by atoms with Crippen LogP contribution in [0, 0.1) is 29.1 Å². The van der Waals surface area contributed by atoms with E-state index in [1.807, 2.05) is 0 Å². The van der Waals surface area contributed by atoms with Gasteiger partial charge in [-0.1, -0.05) is 12.2 Å². The minimum absolute atomic E-state index is 0.166. The summed E-state index contributed by atoms with van der Waals surface area (Å²) in [5, 5.41) is 5.30. The molecule has 2 bridgehead atoms. The lowest BCUT2D eigenvalue weighted by molar-refractivity contribution is -0.141. The Labute approximate surface area is 151 Å². The first-order valence-corrected chi connectivity index (χ1v) is 8.93.